The van der Waals surface area contributed by atoms with Crippen molar-refractivity contribution < 1.29 is 4.79 Å². The van der Waals surface area contributed by atoms with Crippen LogP contribution in [0.5, 0.6) is 0 Å². The minimum atomic E-state index is 0.299. The van der Waals surface area contributed by atoms with Crippen molar-refractivity contribution in [3.63, 3.8) is 0 Å². The van der Waals surface area contributed by atoms with E-state index in [1.165, 1.54) is 0 Å². The van der Waals surface area contributed by atoms with E-state index < -0.39 is 0 Å². The Kier molecular flexibility index (Phi) is 4.15. The number of carbonyl (C=O) groups excluding carboxylic acids is 1. The second kappa shape index (κ2) is 5.63. The van der Waals surface area contributed by atoms with Gasteiger partial charge in [0.15, 0.2) is 5.16 Å². The van der Waals surface area contributed by atoms with E-state index in [-0.39, 0.29) is 0 Å². The Balaban J connectivity index is 1.83. The van der Waals surface area contributed by atoms with Crippen LogP contribution in [-0.2, 0) is 4.79 Å². The lowest BCUT2D eigenvalue weighted by molar-refractivity contribution is -0.120. The van der Waals surface area contributed by atoms with Gasteiger partial charge in [-0.2, -0.15) is 0 Å². The summed E-state index contributed by atoms with van der Waals surface area (Å²) >= 11 is 1.66. The fourth-order valence-corrected chi connectivity index (χ4v) is 3.25. The first kappa shape index (κ1) is 12.6. The number of hydrogen-bond acceptors (Lipinski definition) is 4. The second-order valence-electron chi connectivity index (χ2n) is 4.63. The van der Waals surface area contributed by atoms with Crippen molar-refractivity contribution in [2.45, 2.75) is 44.7 Å². The Morgan fingerprint density at radius 2 is 2.06 bits per heavy atom. The number of thioether (sulfide) groups is 1. The lowest BCUT2D eigenvalue weighted by atomic mass is 10.1. The molecule has 0 bridgehead atoms. The molecule has 1 unspecified atom stereocenters. The van der Waals surface area contributed by atoms with Crippen LogP contribution in [0.25, 0.3) is 0 Å². The third kappa shape index (κ3) is 3.53. The van der Waals surface area contributed by atoms with Crippen LogP contribution in [0.3, 0.4) is 0 Å². The minimum absolute atomic E-state index is 0.299. The van der Waals surface area contributed by atoms with Crippen molar-refractivity contribution >= 4 is 17.5 Å². The number of Topliss-reactive ketones (excluding diaryl/α,β-unsaturated/α-hetero) is 1. The smallest absolute Gasteiger partial charge is 0.187 e. The van der Waals surface area contributed by atoms with Crippen LogP contribution in [0.4, 0.5) is 0 Å². The Bertz CT molecular complexity index is 400. The monoisotopic (exact) mass is 250 g/mol. The fourth-order valence-electron chi connectivity index (χ4n) is 2.24. The van der Waals surface area contributed by atoms with Gasteiger partial charge in [-0.1, -0.05) is 11.8 Å². The highest BCUT2D eigenvalue weighted by molar-refractivity contribution is 7.99. The van der Waals surface area contributed by atoms with Gasteiger partial charge in [-0.15, -0.1) is 0 Å². The summed E-state index contributed by atoms with van der Waals surface area (Å²) < 4.78 is 0. The summed E-state index contributed by atoms with van der Waals surface area (Å²) in [5, 5.41) is 0.841. The molecule has 0 aromatic carbocycles. The van der Waals surface area contributed by atoms with Gasteiger partial charge in [0.1, 0.15) is 5.78 Å². The van der Waals surface area contributed by atoms with Gasteiger partial charge < -0.3 is 0 Å². The van der Waals surface area contributed by atoms with Crippen LogP contribution in [0, 0.1) is 19.8 Å². The molecule has 4 heteroatoms. The van der Waals surface area contributed by atoms with Gasteiger partial charge in [-0.3, -0.25) is 4.79 Å². The van der Waals surface area contributed by atoms with E-state index in [1.807, 2.05) is 19.9 Å². The molecule has 17 heavy (non-hydrogen) atoms. The van der Waals surface area contributed by atoms with Crippen molar-refractivity contribution in [2.24, 2.45) is 5.92 Å². The van der Waals surface area contributed by atoms with Crippen LogP contribution in [0.15, 0.2) is 11.2 Å². The van der Waals surface area contributed by atoms with Gasteiger partial charge in [-0.05, 0) is 39.2 Å². The first-order valence-corrected chi connectivity index (χ1v) is 7.11. The third-order valence-corrected chi connectivity index (χ3v) is 3.97. The van der Waals surface area contributed by atoms with Gasteiger partial charge in [-0.25, -0.2) is 9.97 Å². The quantitative estimate of drug-likeness (QED) is 0.608. The number of aromatic nitrogens is 2. The summed E-state index contributed by atoms with van der Waals surface area (Å²) in [7, 11) is 0. The van der Waals surface area contributed by atoms with Crippen molar-refractivity contribution in [3.05, 3.63) is 17.5 Å². The van der Waals surface area contributed by atoms with Crippen LogP contribution in [0.1, 0.15) is 37.1 Å². The maximum Gasteiger partial charge on any atom is 0.187 e. The average molecular weight is 250 g/mol. The predicted octanol–water partition coefficient (Wildman–Crippen LogP) is 2.94. The number of ketones is 1. The molecule has 1 aromatic rings. The molecular weight excluding hydrogens is 232 g/mol. The first-order valence-electron chi connectivity index (χ1n) is 6.13. The summed E-state index contributed by atoms with van der Waals surface area (Å²) in [5.74, 6) is 1.69. The van der Waals surface area contributed by atoms with Gasteiger partial charge in [0.05, 0.1) is 0 Å². The zero-order chi connectivity index (χ0) is 12.3. The number of hydrogen-bond donors (Lipinski definition) is 0. The molecule has 92 valence electrons. The molecule has 3 nitrogen and oxygen atoms in total. The summed E-state index contributed by atoms with van der Waals surface area (Å²) in [6, 6.07) is 1.98. The zero-order valence-electron chi connectivity index (χ0n) is 10.4. The van der Waals surface area contributed by atoms with Crippen LogP contribution in [-0.4, -0.2) is 21.5 Å². The SMILES string of the molecule is Cc1cc(C)nc(SCCC2CCCC2=O)n1. The van der Waals surface area contributed by atoms with Crippen LogP contribution >= 0.6 is 11.8 Å². The van der Waals surface area contributed by atoms with E-state index in [4.69, 9.17) is 0 Å². The van der Waals surface area contributed by atoms with Crippen LogP contribution in [0.2, 0.25) is 0 Å². The summed E-state index contributed by atoms with van der Waals surface area (Å²) in [5.41, 5.74) is 2.02. The molecule has 0 N–H and O–H groups in total. The largest absolute Gasteiger partial charge is 0.299 e. The van der Waals surface area contributed by atoms with Crippen molar-refractivity contribution in [3.8, 4) is 0 Å². The number of carbonyl (C=O) groups is 1. The van der Waals surface area contributed by atoms with E-state index in [0.717, 1.165) is 48.0 Å². The lowest BCUT2D eigenvalue weighted by Gasteiger charge is -2.07. The molecule has 1 fully saturated rings. The fraction of sp³-hybridized carbons (Fsp3) is 0.615. The van der Waals surface area contributed by atoms with E-state index in [1.54, 1.807) is 11.8 Å². The second-order valence-corrected chi connectivity index (χ2v) is 5.69. The molecule has 1 aliphatic rings. The number of aryl methyl sites for hydroxylation is 2. The average Bonchev–Trinajstić information content (AvgIpc) is 2.63. The maximum absolute atomic E-state index is 11.5. The van der Waals surface area contributed by atoms with Gasteiger partial charge in [0.25, 0.3) is 0 Å². The Hall–Kier alpha value is -0.900. The van der Waals surface area contributed by atoms with Crippen LogP contribution < -0.4 is 0 Å². The summed E-state index contributed by atoms with van der Waals surface area (Å²) in [6.45, 7) is 3.97. The number of rotatable bonds is 4. The first-order chi connectivity index (χ1) is 8.15. The standard InChI is InChI=1S/C13H18N2OS/c1-9-8-10(2)15-13(14-9)17-7-6-11-4-3-5-12(11)16/h8,11H,3-7H2,1-2H3. The minimum Gasteiger partial charge on any atom is -0.299 e. The number of nitrogens with zero attached hydrogens (tertiary/aromatic N) is 2. The molecule has 1 aromatic heterocycles. The molecule has 1 heterocycles. The zero-order valence-corrected chi connectivity index (χ0v) is 11.2. The Morgan fingerprint density at radius 3 is 2.65 bits per heavy atom. The molecular formula is C13H18N2OS. The van der Waals surface area contributed by atoms with Crippen molar-refractivity contribution in [1.82, 2.24) is 9.97 Å². The van der Waals surface area contributed by atoms with Gasteiger partial charge in [0.2, 0.25) is 0 Å². The maximum atomic E-state index is 11.5. The van der Waals surface area contributed by atoms with Gasteiger partial charge >= 0.3 is 0 Å². The molecule has 0 aliphatic heterocycles. The summed E-state index contributed by atoms with van der Waals surface area (Å²) in [6.07, 6.45) is 3.91. The van der Waals surface area contributed by atoms with Crippen molar-refractivity contribution in [2.75, 3.05) is 5.75 Å². The molecule has 0 amide bonds. The summed E-state index contributed by atoms with van der Waals surface area (Å²) in [4.78, 5) is 20.3. The highest BCUT2D eigenvalue weighted by Gasteiger charge is 2.23. The van der Waals surface area contributed by atoms with E-state index in [2.05, 4.69) is 9.97 Å². The Morgan fingerprint density at radius 1 is 1.35 bits per heavy atom. The van der Waals surface area contributed by atoms with Gasteiger partial charge in [0, 0.05) is 29.5 Å². The predicted molar refractivity (Wildman–Crippen MR) is 69.2 cm³/mol. The molecule has 1 atom stereocenters. The Labute approximate surface area is 106 Å². The van der Waals surface area contributed by atoms with E-state index >= 15 is 0 Å². The van der Waals surface area contributed by atoms with E-state index in [9.17, 15) is 4.79 Å². The third-order valence-electron chi connectivity index (χ3n) is 3.09. The molecule has 1 aliphatic carbocycles. The van der Waals surface area contributed by atoms with Crippen molar-refractivity contribution in [1.29, 1.82) is 0 Å². The highest BCUT2D eigenvalue weighted by Crippen LogP contribution is 2.27. The molecule has 0 saturated heterocycles. The molecule has 0 radical (unpaired) electrons. The topological polar surface area (TPSA) is 42.9 Å². The molecule has 2 rings (SSSR count). The van der Waals surface area contributed by atoms with E-state index in [0.29, 0.717) is 11.7 Å². The highest BCUT2D eigenvalue weighted by atomic mass is 32.2. The molecule has 0 spiro atoms. The normalized spacial score (nSPS) is 19.9. The molecule has 1 saturated carbocycles. The lowest BCUT2D eigenvalue weighted by Crippen LogP contribution is -2.07.